The number of anilines is 1. The van der Waals surface area contributed by atoms with Gasteiger partial charge in [0.15, 0.2) is 0 Å². The van der Waals surface area contributed by atoms with Crippen LogP contribution in [0.3, 0.4) is 0 Å². The van der Waals surface area contributed by atoms with Crippen molar-refractivity contribution < 1.29 is 4.79 Å². The maximum atomic E-state index is 12.0. The van der Waals surface area contributed by atoms with Crippen molar-refractivity contribution in [2.24, 2.45) is 0 Å². The van der Waals surface area contributed by atoms with E-state index in [1.165, 1.54) is 6.42 Å². The molecule has 0 saturated carbocycles. The van der Waals surface area contributed by atoms with E-state index in [1.807, 2.05) is 12.1 Å². The summed E-state index contributed by atoms with van der Waals surface area (Å²) in [4.78, 5) is 16.6. The SMILES string of the molecule is CCCN1CCN(CC(=O)Nc2cccc(Cl)c2)CC1. The molecule has 1 aliphatic heterocycles. The van der Waals surface area contributed by atoms with Crippen molar-refractivity contribution in [2.45, 2.75) is 13.3 Å². The van der Waals surface area contributed by atoms with Crippen LogP contribution in [0.5, 0.6) is 0 Å². The Bertz CT molecular complexity index is 444. The van der Waals surface area contributed by atoms with Crippen molar-refractivity contribution in [3.8, 4) is 0 Å². The third kappa shape index (κ3) is 4.78. The molecule has 0 aromatic heterocycles. The molecule has 1 saturated heterocycles. The fraction of sp³-hybridized carbons (Fsp3) is 0.533. The maximum Gasteiger partial charge on any atom is 0.238 e. The van der Waals surface area contributed by atoms with E-state index in [2.05, 4.69) is 22.0 Å². The molecule has 0 aliphatic carbocycles. The summed E-state index contributed by atoms with van der Waals surface area (Å²) in [6.45, 7) is 7.84. The van der Waals surface area contributed by atoms with Gasteiger partial charge in [-0.25, -0.2) is 0 Å². The van der Waals surface area contributed by atoms with E-state index in [9.17, 15) is 4.79 Å². The quantitative estimate of drug-likeness (QED) is 0.905. The standard InChI is InChI=1S/C15H22ClN3O/c1-2-6-18-7-9-19(10-8-18)12-15(20)17-14-5-3-4-13(16)11-14/h3-5,11H,2,6-10,12H2,1H3,(H,17,20). The van der Waals surface area contributed by atoms with Gasteiger partial charge >= 0.3 is 0 Å². The monoisotopic (exact) mass is 295 g/mol. The van der Waals surface area contributed by atoms with Crippen LogP contribution in [-0.2, 0) is 4.79 Å². The van der Waals surface area contributed by atoms with Crippen LogP contribution in [0.15, 0.2) is 24.3 Å². The molecule has 20 heavy (non-hydrogen) atoms. The molecule has 1 heterocycles. The van der Waals surface area contributed by atoms with Gasteiger partial charge in [0.25, 0.3) is 0 Å². The van der Waals surface area contributed by atoms with E-state index in [-0.39, 0.29) is 5.91 Å². The molecule has 0 unspecified atom stereocenters. The zero-order chi connectivity index (χ0) is 14.4. The highest BCUT2D eigenvalue weighted by atomic mass is 35.5. The molecule has 110 valence electrons. The molecule has 2 rings (SSSR count). The van der Waals surface area contributed by atoms with Crippen molar-refractivity contribution >= 4 is 23.2 Å². The molecule has 1 aromatic rings. The van der Waals surface area contributed by atoms with Crippen molar-refractivity contribution in [2.75, 3.05) is 44.6 Å². The van der Waals surface area contributed by atoms with Gasteiger partial charge in [-0.3, -0.25) is 9.69 Å². The first-order chi connectivity index (χ1) is 9.67. The number of nitrogens with one attached hydrogen (secondary N) is 1. The number of hydrogen-bond donors (Lipinski definition) is 1. The van der Waals surface area contributed by atoms with Gasteiger partial charge < -0.3 is 10.2 Å². The Morgan fingerprint density at radius 2 is 1.95 bits per heavy atom. The number of nitrogens with zero attached hydrogens (tertiary/aromatic N) is 2. The van der Waals surface area contributed by atoms with E-state index >= 15 is 0 Å². The second-order valence-electron chi connectivity index (χ2n) is 5.18. The molecule has 0 radical (unpaired) electrons. The largest absolute Gasteiger partial charge is 0.325 e. The molecular formula is C15H22ClN3O. The minimum absolute atomic E-state index is 0.0243. The van der Waals surface area contributed by atoms with E-state index in [0.29, 0.717) is 11.6 Å². The van der Waals surface area contributed by atoms with E-state index < -0.39 is 0 Å². The lowest BCUT2D eigenvalue weighted by molar-refractivity contribution is -0.117. The van der Waals surface area contributed by atoms with Gasteiger partial charge in [-0.2, -0.15) is 0 Å². The number of piperazine rings is 1. The fourth-order valence-corrected chi connectivity index (χ4v) is 2.65. The lowest BCUT2D eigenvalue weighted by Crippen LogP contribution is -2.48. The summed E-state index contributed by atoms with van der Waals surface area (Å²) in [6, 6.07) is 7.24. The minimum Gasteiger partial charge on any atom is -0.325 e. The van der Waals surface area contributed by atoms with Crippen LogP contribution in [0.2, 0.25) is 5.02 Å². The second kappa shape index (κ2) is 7.62. The molecule has 5 heteroatoms. The molecule has 1 aromatic carbocycles. The molecule has 0 atom stereocenters. The topological polar surface area (TPSA) is 35.6 Å². The molecular weight excluding hydrogens is 274 g/mol. The number of amides is 1. The predicted molar refractivity (Wildman–Crippen MR) is 83.3 cm³/mol. The summed E-state index contributed by atoms with van der Waals surface area (Å²) in [7, 11) is 0. The first-order valence-corrected chi connectivity index (χ1v) is 7.55. The Morgan fingerprint density at radius 1 is 1.25 bits per heavy atom. The molecule has 0 bridgehead atoms. The second-order valence-corrected chi connectivity index (χ2v) is 5.61. The van der Waals surface area contributed by atoms with Crippen molar-refractivity contribution in [3.05, 3.63) is 29.3 Å². The van der Waals surface area contributed by atoms with Gasteiger partial charge in [-0.15, -0.1) is 0 Å². The third-order valence-electron chi connectivity index (χ3n) is 3.48. The Hall–Kier alpha value is -1.10. The zero-order valence-electron chi connectivity index (χ0n) is 11.9. The van der Waals surface area contributed by atoms with Gasteiger partial charge in [0, 0.05) is 36.9 Å². The van der Waals surface area contributed by atoms with Crippen LogP contribution in [0.1, 0.15) is 13.3 Å². The smallest absolute Gasteiger partial charge is 0.238 e. The average molecular weight is 296 g/mol. The first-order valence-electron chi connectivity index (χ1n) is 7.17. The zero-order valence-corrected chi connectivity index (χ0v) is 12.7. The maximum absolute atomic E-state index is 12.0. The lowest BCUT2D eigenvalue weighted by atomic mass is 10.3. The summed E-state index contributed by atoms with van der Waals surface area (Å²) in [5.74, 6) is 0.0243. The summed E-state index contributed by atoms with van der Waals surface area (Å²) in [5.41, 5.74) is 0.757. The highest BCUT2D eigenvalue weighted by molar-refractivity contribution is 6.30. The highest BCUT2D eigenvalue weighted by Crippen LogP contribution is 2.14. The Morgan fingerprint density at radius 3 is 2.60 bits per heavy atom. The van der Waals surface area contributed by atoms with Crippen LogP contribution in [0.4, 0.5) is 5.69 Å². The normalized spacial score (nSPS) is 17.1. The number of carbonyl (C=O) groups is 1. The van der Waals surface area contributed by atoms with Crippen molar-refractivity contribution in [3.63, 3.8) is 0 Å². The number of benzene rings is 1. The van der Waals surface area contributed by atoms with Crippen LogP contribution in [-0.4, -0.2) is 55.0 Å². The van der Waals surface area contributed by atoms with Crippen LogP contribution in [0, 0.1) is 0 Å². The van der Waals surface area contributed by atoms with Gasteiger partial charge in [0.2, 0.25) is 5.91 Å². The van der Waals surface area contributed by atoms with E-state index in [4.69, 9.17) is 11.6 Å². The summed E-state index contributed by atoms with van der Waals surface area (Å²) >= 11 is 5.90. The van der Waals surface area contributed by atoms with Gasteiger partial charge in [-0.05, 0) is 31.2 Å². The first kappa shape index (κ1) is 15.3. The summed E-state index contributed by atoms with van der Waals surface area (Å²) < 4.78 is 0. The summed E-state index contributed by atoms with van der Waals surface area (Å²) in [5, 5.41) is 3.52. The van der Waals surface area contributed by atoms with Crippen LogP contribution >= 0.6 is 11.6 Å². The third-order valence-corrected chi connectivity index (χ3v) is 3.72. The van der Waals surface area contributed by atoms with E-state index in [0.717, 1.165) is 38.4 Å². The lowest BCUT2D eigenvalue weighted by Gasteiger charge is -2.34. The van der Waals surface area contributed by atoms with Gasteiger partial charge in [0.05, 0.1) is 6.54 Å². The molecule has 0 spiro atoms. The Kier molecular flexibility index (Phi) is 5.83. The fourth-order valence-electron chi connectivity index (χ4n) is 2.46. The molecule has 1 fully saturated rings. The number of carbonyl (C=O) groups excluding carboxylic acids is 1. The minimum atomic E-state index is 0.0243. The van der Waals surface area contributed by atoms with Crippen molar-refractivity contribution in [1.29, 1.82) is 0 Å². The molecule has 1 aliphatic rings. The highest BCUT2D eigenvalue weighted by Gasteiger charge is 2.18. The number of halogens is 1. The molecule has 1 amide bonds. The van der Waals surface area contributed by atoms with E-state index in [1.54, 1.807) is 12.1 Å². The average Bonchev–Trinajstić information content (AvgIpc) is 2.41. The van der Waals surface area contributed by atoms with Gasteiger partial charge in [0.1, 0.15) is 0 Å². The Balaban J connectivity index is 1.75. The van der Waals surface area contributed by atoms with Crippen molar-refractivity contribution in [1.82, 2.24) is 9.80 Å². The predicted octanol–water partition coefficient (Wildman–Crippen LogP) is 2.31. The van der Waals surface area contributed by atoms with Crippen LogP contribution in [0.25, 0.3) is 0 Å². The van der Waals surface area contributed by atoms with Crippen LogP contribution < -0.4 is 5.32 Å². The number of rotatable bonds is 5. The molecule has 4 nitrogen and oxygen atoms in total. The Labute approximate surface area is 125 Å². The number of hydrogen-bond acceptors (Lipinski definition) is 3. The summed E-state index contributed by atoms with van der Waals surface area (Å²) in [6.07, 6.45) is 1.19. The molecule has 1 N–H and O–H groups in total. The van der Waals surface area contributed by atoms with Gasteiger partial charge in [-0.1, -0.05) is 24.6 Å².